The van der Waals surface area contributed by atoms with Crippen molar-refractivity contribution in [3.8, 4) is 0 Å². The predicted octanol–water partition coefficient (Wildman–Crippen LogP) is 4.30. The van der Waals surface area contributed by atoms with Gasteiger partial charge in [0, 0.05) is 4.91 Å². The maximum Gasteiger partial charge on any atom is 0.243 e. The summed E-state index contributed by atoms with van der Waals surface area (Å²) in [6.45, 7) is 7.04. The topological polar surface area (TPSA) is 139 Å². The fraction of sp³-hybridized carbons (Fsp3) is 0.889. The minimum absolute atomic E-state index is 0.00249. The molecule has 0 aromatic carbocycles. The van der Waals surface area contributed by atoms with Crippen molar-refractivity contribution in [2.75, 3.05) is 6.67 Å². The van der Waals surface area contributed by atoms with Crippen molar-refractivity contribution >= 4 is 5.91 Å². The summed E-state index contributed by atoms with van der Waals surface area (Å²) in [5, 5.41) is 38.7. The number of nitrogens with zero attached hydrogens (tertiary/aromatic N) is 3. The zero-order valence-corrected chi connectivity index (χ0v) is 21.5. The number of nitrogens with one attached hydrogen (secondary N) is 1. The molecule has 4 aliphatic carbocycles. The number of aliphatic hydroxyl groups is 3. The molecule has 4 rings (SSSR count). The lowest BCUT2D eigenvalue weighted by Crippen LogP contribution is -2.64. The van der Waals surface area contributed by atoms with Crippen LogP contribution in [-0.4, -0.2) is 46.2 Å². The lowest BCUT2D eigenvalue weighted by molar-refractivity contribution is -0.223. The highest BCUT2D eigenvalue weighted by Crippen LogP contribution is 2.68. The number of carbonyl (C=O) groups excluding carboxylic acids is 1. The summed E-state index contributed by atoms with van der Waals surface area (Å²) < 4.78 is 0. The summed E-state index contributed by atoms with van der Waals surface area (Å²) in [6.07, 6.45) is 10.3. The van der Waals surface area contributed by atoms with E-state index >= 15 is 0 Å². The Bertz CT molecular complexity index is 860. The van der Waals surface area contributed by atoms with Crippen LogP contribution in [0.4, 0.5) is 0 Å². The van der Waals surface area contributed by atoms with Crippen LogP contribution in [0.5, 0.6) is 0 Å². The second-order valence-electron chi connectivity index (χ2n) is 12.4. The highest BCUT2D eigenvalue weighted by atomic mass is 16.3. The van der Waals surface area contributed by atoms with E-state index in [1.807, 2.05) is 6.08 Å². The Morgan fingerprint density at radius 2 is 1.80 bits per heavy atom. The van der Waals surface area contributed by atoms with Gasteiger partial charge in [0.1, 0.15) is 0 Å². The molecular formula is C27H44N4O4. The third-order valence-electron chi connectivity index (χ3n) is 10.9. The van der Waals surface area contributed by atoms with Crippen molar-refractivity contribution in [1.82, 2.24) is 5.32 Å². The molecule has 0 spiro atoms. The Balaban J connectivity index is 1.41. The molecule has 0 aliphatic heterocycles. The number of allylic oxidation sites excluding steroid dienone is 1. The first-order valence-corrected chi connectivity index (χ1v) is 13.6. The molecule has 0 aromatic rings. The van der Waals surface area contributed by atoms with Gasteiger partial charge in [0.05, 0.1) is 25.0 Å². The lowest BCUT2D eigenvalue weighted by atomic mass is 9.43. The summed E-state index contributed by atoms with van der Waals surface area (Å²) in [6, 6.07) is 0. The molecule has 8 nitrogen and oxygen atoms in total. The van der Waals surface area contributed by atoms with Gasteiger partial charge in [0.2, 0.25) is 5.91 Å². The smallest absolute Gasteiger partial charge is 0.243 e. The summed E-state index contributed by atoms with van der Waals surface area (Å²) in [5.74, 6) is 1.79. The van der Waals surface area contributed by atoms with E-state index in [0.717, 1.165) is 44.9 Å². The summed E-state index contributed by atoms with van der Waals surface area (Å²) in [7, 11) is 0. The van der Waals surface area contributed by atoms with E-state index in [1.54, 1.807) is 0 Å². The van der Waals surface area contributed by atoms with Crippen LogP contribution in [-0.2, 0) is 4.79 Å². The Kier molecular flexibility index (Phi) is 7.87. The lowest BCUT2D eigenvalue weighted by Gasteiger charge is -2.63. The highest BCUT2D eigenvalue weighted by Gasteiger charge is 2.65. The molecule has 2 unspecified atom stereocenters. The van der Waals surface area contributed by atoms with Gasteiger partial charge in [-0.05, 0) is 116 Å². The molecule has 0 saturated heterocycles. The first-order valence-electron chi connectivity index (χ1n) is 13.6. The maximum atomic E-state index is 11.8. The van der Waals surface area contributed by atoms with E-state index in [9.17, 15) is 20.1 Å². The minimum atomic E-state index is -0.745. The van der Waals surface area contributed by atoms with Gasteiger partial charge in [0.25, 0.3) is 0 Å². The van der Waals surface area contributed by atoms with Gasteiger partial charge in [-0.2, -0.15) is 0 Å². The standard InChI is InChI=1S/C27H44N4O4/c1-16(6-4-5-7-22(33)29-15-30-31-28)18-8-9-19-23-20(11-13-26(18,19)2)27(3)12-10-17(32)14-21(27)24(34)25(23)35/h5,7,16-21,23-25,32,34-35H,4,6,8-15H2,1-3H3,(H,29,33)/b7-5+/t16-,17-,18-,19+,20+,21+,23+,24?,25?,26-,27-/m1/s1. The number of fused-ring (bicyclic) bond motifs is 5. The second-order valence-corrected chi connectivity index (χ2v) is 12.4. The van der Waals surface area contributed by atoms with Crippen LogP contribution in [0.15, 0.2) is 17.3 Å². The molecule has 4 aliphatic rings. The van der Waals surface area contributed by atoms with Crippen molar-refractivity contribution in [3.63, 3.8) is 0 Å². The van der Waals surface area contributed by atoms with E-state index in [-0.39, 0.29) is 41.3 Å². The van der Waals surface area contributed by atoms with Crippen molar-refractivity contribution in [3.05, 3.63) is 22.6 Å². The van der Waals surface area contributed by atoms with Crippen molar-refractivity contribution in [2.24, 2.45) is 51.5 Å². The van der Waals surface area contributed by atoms with E-state index in [4.69, 9.17) is 5.53 Å². The molecule has 35 heavy (non-hydrogen) atoms. The molecule has 0 aromatic heterocycles. The van der Waals surface area contributed by atoms with Crippen LogP contribution < -0.4 is 5.32 Å². The maximum absolute atomic E-state index is 11.8. The number of hydrogen-bond acceptors (Lipinski definition) is 5. The zero-order valence-electron chi connectivity index (χ0n) is 21.5. The van der Waals surface area contributed by atoms with E-state index < -0.39 is 12.2 Å². The van der Waals surface area contributed by atoms with E-state index in [0.29, 0.717) is 30.1 Å². The number of hydrogen-bond donors (Lipinski definition) is 4. The van der Waals surface area contributed by atoms with E-state index in [2.05, 4.69) is 36.1 Å². The summed E-state index contributed by atoms with van der Waals surface area (Å²) in [4.78, 5) is 14.4. The SMILES string of the molecule is C[C@H](CC/C=C/C(=O)NCN=[N+]=[N-])[C@H]1CC[C@H]2[C@@H]3C(O)C(O)[C@@H]4C[C@H](O)CC[C@]4(C)[C@H]3CC[C@]12C. The molecule has 4 saturated carbocycles. The van der Waals surface area contributed by atoms with Crippen LogP contribution in [0.2, 0.25) is 0 Å². The molecule has 196 valence electrons. The van der Waals surface area contributed by atoms with Gasteiger partial charge in [0.15, 0.2) is 0 Å². The number of carbonyl (C=O) groups is 1. The first-order chi connectivity index (χ1) is 16.6. The minimum Gasteiger partial charge on any atom is -0.393 e. The van der Waals surface area contributed by atoms with Crippen LogP contribution in [0.1, 0.15) is 78.6 Å². The molecule has 0 radical (unpaired) electrons. The highest BCUT2D eigenvalue weighted by molar-refractivity contribution is 5.87. The Morgan fingerprint density at radius 3 is 2.54 bits per heavy atom. The normalized spacial score (nSPS) is 45.7. The van der Waals surface area contributed by atoms with Crippen LogP contribution >= 0.6 is 0 Å². The molecule has 11 atom stereocenters. The average molecular weight is 489 g/mol. The van der Waals surface area contributed by atoms with Gasteiger partial charge >= 0.3 is 0 Å². The molecule has 0 bridgehead atoms. The third kappa shape index (κ3) is 4.75. The Morgan fingerprint density at radius 1 is 1.09 bits per heavy atom. The van der Waals surface area contributed by atoms with Crippen LogP contribution in [0.25, 0.3) is 10.4 Å². The average Bonchev–Trinajstić information content (AvgIpc) is 3.18. The molecule has 4 fully saturated rings. The molecule has 0 heterocycles. The van der Waals surface area contributed by atoms with Crippen LogP contribution in [0, 0.1) is 46.3 Å². The van der Waals surface area contributed by atoms with Crippen molar-refractivity contribution in [1.29, 1.82) is 0 Å². The number of rotatable bonds is 7. The van der Waals surface area contributed by atoms with Crippen LogP contribution in [0.3, 0.4) is 0 Å². The first kappa shape index (κ1) is 26.5. The predicted molar refractivity (Wildman–Crippen MR) is 134 cm³/mol. The number of amides is 1. The van der Waals surface area contributed by atoms with Crippen molar-refractivity contribution in [2.45, 2.75) is 96.9 Å². The number of aliphatic hydroxyl groups excluding tert-OH is 3. The number of azide groups is 1. The summed E-state index contributed by atoms with van der Waals surface area (Å²) >= 11 is 0. The summed E-state index contributed by atoms with van der Waals surface area (Å²) in [5.41, 5.74) is 8.44. The molecule has 8 heteroatoms. The fourth-order valence-electron chi connectivity index (χ4n) is 9.17. The van der Waals surface area contributed by atoms with Gasteiger partial charge in [-0.25, -0.2) is 0 Å². The van der Waals surface area contributed by atoms with Crippen molar-refractivity contribution < 1.29 is 20.1 Å². The Hall–Kier alpha value is -1.60. The van der Waals surface area contributed by atoms with Gasteiger partial charge in [-0.15, -0.1) is 0 Å². The van der Waals surface area contributed by atoms with Gasteiger partial charge < -0.3 is 20.6 Å². The molecular weight excluding hydrogens is 444 g/mol. The quantitative estimate of drug-likeness (QED) is 0.184. The Labute approximate surface area is 209 Å². The zero-order chi connectivity index (χ0) is 25.4. The molecule has 4 N–H and O–H groups in total. The molecule has 1 amide bonds. The monoisotopic (exact) mass is 488 g/mol. The fourth-order valence-corrected chi connectivity index (χ4v) is 9.17. The van der Waals surface area contributed by atoms with Gasteiger partial charge in [-0.3, -0.25) is 4.79 Å². The second kappa shape index (κ2) is 10.4. The third-order valence-corrected chi connectivity index (χ3v) is 10.9. The van der Waals surface area contributed by atoms with Gasteiger partial charge in [-0.1, -0.05) is 32.0 Å². The largest absolute Gasteiger partial charge is 0.393 e. The van der Waals surface area contributed by atoms with E-state index in [1.165, 1.54) is 12.5 Å².